The number of nitrogens with one attached hydrogen (secondary N) is 1. The molecule has 1 saturated heterocycles. The van der Waals surface area contributed by atoms with E-state index in [-0.39, 0.29) is 12.0 Å². The van der Waals surface area contributed by atoms with E-state index in [0.29, 0.717) is 13.2 Å². The molecule has 0 aliphatic carbocycles. The van der Waals surface area contributed by atoms with E-state index in [9.17, 15) is 4.79 Å². The smallest absolute Gasteiger partial charge is 0.249 e. The maximum atomic E-state index is 11.8. The van der Waals surface area contributed by atoms with Crippen molar-refractivity contribution in [2.24, 2.45) is 0 Å². The minimum atomic E-state index is -0.284. The van der Waals surface area contributed by atoms with Gasteiger partial charge < -0.3 is 14.5 Å². The van der Waals surface area contributed by atoms with Crippen LogP contribution in [0.2, 0.25) is 0 Å². The monoisotopic (exact) mass is 272 g/mol. The molecule has 0 bridgehead atoms. The molecule has 0 aromatic carbocycles. The largest absolute Gasteiger partial charge is 0.472 e. The van der Waals surface area contributed by atoms with E-state index in [4.69, 9.17) is 9.15 Å². The number of nitrogens with zero attached hydrogens (tertiary/aromatic N) is 1. The van der Waals surface area contributed by atoms with Crippen LogP contribution in [0.1, 0.15) is 18.4 Å². The van der Waals surface area contributed by atoms with Crippen LogP contribution in [0.4, 0.5) is 0 Å². The summed E-state index contributed by atoms with van der Waals surface area (Å²) in [4.78, 5) is 16.2. The topological polar surface area (TPSA) is 64.4 Å². The first-order valence-electron chi connectivity index (χ1n) is 6.70. The molecular weight excluding hydrogens is 256 g/mol. The molecule has 1 aliphatic heterocycles. The average Bonchev–Trinajstić information content (AvgIpc) is 3.18. The summed E-state index contributed by atoms with van der Waals surface area (Å²) in [5, 5.41) is 2.87. The highest BCUT2D eigenvalue weighted by Crippen LogP contribution is 2.17. The fraction of sp³-hybridized carbons (Fsp3) is 0.333. The lowest BCUT2D eigenvalue weighted by molar-refractivity contribution is -0.130. The number of pyridine rings is 1. The predicted molar refractivity (Wildman–Crippen MR) is 72.8 cm³/mol. The number of amides is 1. The summed E-state index contributed by atoms with van der Waals surface area (Å²) in [6, 6.07) is 5.73. The van der Waals surface area contributed by atoms with Crippen molar-refractivity contribution in [2.75, 3.05) is 6.61 Å². The maximum Gasteiger partial charge on any atom is 0.249 e. The molecule has 1 N–H and O–H groups in total. The molecule has 5 heteroatoms. The number of carbonyl (C=O) groups excluding carboxylic acids is 1. The molecule has 0 saturated carbocycles. The molecule has 2 aromatic heterocycles. The molecule has 1 aliphatic rings. The zero-order chi connectivity index (χ0) is 13.8. The zero-order valence-corrected chi connectivity index (χ0v) is 11.0. The summed E-state index contributed by atoms with van der Waals surface area (Å²) in [5.74, 6) is -0.0404. The Bertz CT molecular complexity index is 557. The van der Waals surface area contributed by atoms with Crippen molar-refractivity contribution in [3.8, 4) is 11.3 Å². The van der Waals surface area contributed by atoms with Crippen molar-refractivity contribution in [3.63, 3.8) is 0 Å². The van der Waals surface area contributed by atoms with Crippen LogP contribution < -0.4 is 5.32 Å². The van der Waals surface area contributed by atoms with Crippen LogP contribution in [0.5, 0.6) is 0 Å². The van der Waals surface area contributed by atoms with E-state index in [1.54, 1.807) is 18.7 Å². The minimum Gasteiger partial charge on any atom is -0.472 e. The van der Waals surface area contributed by atoms with Crippen molar-refractivity contribution >= 4 is 5.91 Å². The molecule has 3 heterocycles. The van der Waals surface area contributed by atoms with Gasteiger partial charge in [-0.25, -0.2) is 0 Å². The molecule has 1 unspecified atom stereocenters. The summed E-state index contributed by atoms with van der Waals surface area (Å²) in [6.07, 6.45) is 6.52. The van der Waals surface area contributed by atoms with E-state index < -0.39 is 0 Å². The number of hydrogen-bond donors (Lipinski definition) is 1. The molecule has 20 heavy (non-hydrogen) atoms. The van der Waals surface area contributed by atoms with Crippen molar-refractivity contribution < 1.29 is 13.9 Å². The SMILES string of the molecule is O=C(NCc1ccc(-c2ccoc2)nc1)C1CCCO1. The van der Waals surface area contributed by atoms with Gasteiger partial charge in [0, 0.05) is 24.9 Å². The van der Waals surface area contributed by atoms with E-state index in [2.05, 4.69) is 10.3 Å². The first-order valence-corrected chi connectivity index (χ1v) is 6.70. The van der Waals surface area contributed by atoms with Crippen LogP contribution in [0.25, 0.3) is 11.3 Å². The third-order valence-electron chi connectivity index (χ3n) is 3.33. The van der Waals surface area contributed by atoms with Gasteiger partial charge in [0.1, 0.15) is 6.10 Å². The standard InChI is InChI=1S/C15H16N2O3/c18-15(14-2-1-6-20-14)17-9-11-3-4-13(16-8-11)12-5-7-19-10-12/h3-5,7-8,10,14H,1-2,6,9H2,(H,17,18). The first kappa shape index (κ1) is 12.9. The summed E-state index contributed by atoms with van der Waals surface area (Å²) >= 11 is 0. The molecular formula is C15H16N2O3. The van der Waals surface area contributed by atoms with Crippen LogP contribution in [0.15, 0.2) is 41.3 Å². The lowest BCUT2D eigenvalue weighted by Crippen LogP contribution is -2.33. The highest BCUT2D eigenvalue weighted by molar-refractivity contribution is 5.80. The van der Waals surface area contributed by atoms with Crippen LogP contribution in [0.3, 0.4) is 0 Å². The molecule has 1 amide bonds. The summed E-state index contributed by atoms with van der Waals surface area (Å²) in [7, 11) is 0. The number of aromatic nitrogens is 1. The van der Waals surface area contributed by atoms with Gasteiger partial charge in [-0.3, -0.25) is 9.78 Å². The number of rotatable bonds is 4. The van der Waals surface area contributed by atoms with Crippen molar-refractivity contribution in [1.29, 1.82) is 0 Å². The molecule has 2 aromatic rings. The first-order chi connectivity index (χ1) is 9.83. The Morgan fingerprint density at radius 1 is 1.40 bits per heavy atom. The van der Waals surface area contributed by atoms with Crippen molar-refractivity contribution in [1.82, 2.24) is 10.3 Å². The number of carbonyl (C=O) groups is 1. The highest BCUT2D eigenvalue weighted by atomic mass is 16.5. The highest BCUT2D eigenvalue weighted by Gasteiger charge is 2.22. The fourth-order valence-corrected chi connectivity index (χ4v) is 2.20. The van der Waals surface area contributed by atoms with Crippen molar-refractivity contribution in [3.05, 3.63) is 42.5 Å². The van der Waals surface area contributed by atoms with Crippen LogP contribution >= 0.6 is 0 Å². The van der Waals surface area contributed by atoms with Gasteiger partial charge in [-0.1, -0.05) is 6.07 Å². The Kier molecular flexibility index (Phi) is 3.78. The fourth-order valence-electron chi connectivity index (χ4n) is 2.20. The van der Waals surface area contributed by atoms with E-state index in [1.807, 2.05) is 18.2 Å². The predicted octanol–water partition coefficient (Wildman–Crippen LogP) is 2.14. The summed E-state index contributed by atoms with van der Waals surface area (Å²) in [5.41, 5.74) is 2.76. The molecule has 5 nitrogen and oxygen atoms in total. The van der Waals surface area contributed by atoms with Gasteiger partial charge in [0.25, 0.3) is 0 Å². The number of ether oxygens (including phenoxy) is 1. The second-order valence-corrected chi connectivity index (χ2v) is 4.78. The minimum absolute atomic E-state index is 0.0404. The Morgan fingerprint density at radius 2 is 2.35 bits per heavy atom. The third kappa shape index (κ3) is 2.88. The van der Waals surface area contributed by atoms with Crippen LogP contribution in [-0.4, -0.2) is 23.6 Å². The summed E-state index contributed by atoms with van der Waals surface area (Å²) in [6.45, 7) is 1.15. The van der Waals surface area contributed by atoms with Crippen LogP contribution in [0, 0.1) is 0 Å². The van der Waals surface area contributed by atoms with Crippen LogP contribution in [-0.2, 0) is 16.1 Å². The van der Waals surface area contributed by atoms with Gasteiger partial charge in [-0.05, 0) is 30.5 Å². The molecule has 1 atom stereocenters. The van der Waals surface area contributed by atoms with E-state index in [0.717, 1.165) is 29.7 Å². The number of hydrogen-bond acceptors (Lipinski definition) is 4. The quantitative estimate of drug-likeness (QED) is 0.926. The Hall–Kier alpha value is -2.14. The second kappa shape index (κ2) is 5.88. The van der Waals surface area contributed by atoms with Gasteiger partial charge in [0.05, 0.1) is 18.2 Å². The van der Waals surface area contributed by atoms with E-state index in [1.165, 1.54) is 0 Å². The third-order valence-corrected chi connectivity index (χ3v) is 3.33. The molecule has 1 fully saturated rings. The molecule has 0 radical (unpaired) electrons. The van der Waals surface area contributed by atoms with E-state index >= 15 is 0 Å². The Labute approximate surface area is 117 Å². The van der Waals surface area contributed by atoms with Crippen molar-refractivity contribution in [2.45, 2.75) is 25.5 Å². The van der Waals surface area contributed by atoms with Gasteiger partial charge >= 0.3 is 0 Å². The normalized spacial score (nSPS) is 18.1. The zero-order valence-electron chi connectivity index (χ0n) is 11.0. The Morgan fingerprint density at radius 3 is 3.00 bits per heavy atom. The average molecular weight is 272 g/mol. The molecule has 104 valence electrons. The molecule has 3 rings (SSSR count). The Balaban J connectivity index is 1.57. The van der Waals surface area contributed by atoms with Gasteiger partial charge in [0.2, 0.25) is 5.91 Å². The van der Waals surface area contributed by atoms with Gasteiger partial charge in [-0.2, -0.15) is 0 Å². The summed E-state index contributed by atoms with van der Waals surface area (Å²) < 4.78 is 10.4. The number of furan rings is 1. The lowest BCUT2D eigenvalue weighted by Gasteiger charge is -2.10. The van der Waals surface area contributed by atoms with Gasteiger partial charge in [0.15, 0.2) is 0 Å². The molecule has 0 spiro atoms. The second-order valence-electron chi connectivity index (χ2n) is 4.78. The van der Waals surface area contributed by atoms with Gasteiger partial charge in [-0.15, -0.1) is 0 Å². The maximum absolute atomic E-state index is 11.8. The lowest BCUT2D eigenvalue weighted by atomic mass is 10.2.